The van der Waals surface area contributed by atoms with Gasteiger partial charge in [0.1, 0.15) is 0 Å². The Kier molecular flexibility index (Phi) is 1.71. The third kappa shape index (κ3) is 1.15. The second-order valence-corrected chi connectivity index (χ2v) is 4.48. The van der Waals surface area contributed by atoms with Gasteiger partial charge >= 0.3 is 74.0 Å². The molecule has 0 spiro atoms. The Balaban J connectivity index is 2.70. The summed E-state index contributed by atoms with van der Waals surface area (Å²) in [6.07, 6.45) is 1.69. The molecule has 0 aliphatic carbocycles. The van der Waals surface area contributed by atoms with Gasteiger partial charge in [-0.05, 0) is 0 Å². The Morgan fingerprint density at radius 3 is 3.08 bits per heavy atom. The molecule has 1 N–H and O–H groups in total. The summed E-state index contributed by atoms with van der Waals surface area (Å²) in [6.45, 7) is 0. The molecule has 60 valence electrons. The van der Waals surface area contributed by atoms with Crippen LogP contribution in [0.3, 0.4) is 0 Å². The zero-order valence-electron chi connectivity index (χ0n) is 6.02. The average molecular weight is 226 g/mol. The van der Waals surface area contributed by atoms with Gasteiger partial charge in [-0.3, -0.25) is 0 Å². The molecule has 12 heavy (non-hydrogen) atoms. The van der Waals surface area contributed by atoms with E-state index in [0.29, 0.717) is 4.44 Å². The van der Waals surface area contributed by atoms with Gasteiger partial charge in [0, 0.05) is 0 Å². The second kappa shape index (κ2) is 2.73. The van der Waals surface area contributed by atoms with Crippen molar-refractivity contribution in [2.75, 3.05) is 0 Å². The van der Waals surface area contributed by atoms with Gasteiger partial charge in [-0.25, -0.2) is 0 Å². The van der Waals surface area contributed by atoms with Crippen LogP contribution in [0.5, 0.6) is 0 Å². The molecular weight excluding hydrogens is 221 g/mol. The number of carboxylic acids is 1. The van der Waals surface area contributed by atoms with Crippen LogP contribution < -0.4 is 0 Å². The number of hydrogen-bond donors (Lipinski definition) is 1. The maximum atomic E-state index is 10.6. The van der Waals surface area contributed by atoms with Crippen LogP contribution >= 0.6 is 0 Å². The van der Waals surface area contributed by atoms with Crippen molar-refractivity contribution >= 4 is 30.2 Å². The van der Waals surface area contributed by atoms with Gasteiger partial charge in [0.05, 0.1) is 0 Å². The number of hydrogen-bond acceptors (Lipinski definition) is 2. The summed E-state index contributed by atoms with van der Waals surface area (Å²) < 4.78 is 1.40. The molecule has 0 aromatic carbocycles. The van der Waals surface area contributed by atoms with Crippen LogP contribution in [0.1, 0.15) is 9.23 Å². The molecule has 3 nitrogen and oxygen atoms in total. The van der Waals surface area contributed by atoms with E-state index >= 15 is 0 Å². The fourth-order valence-corrected chi connectivity index (χ4v) is 2.74. The van der Waals surface area contributed by atoms with Gasteiger partial charge in [0.2, 0.25) is 0 Å². The number of carboxylic acid groups (broad SMARTS) is 1. The first-order chi connectivity index (χ1) is 5.77. The molecule has 0 saturated carbocycles. The van der Waals surface area contributed by atoms with Crippen molar-refractivity contribution in [3.05, 3.63) is 28.8 Å². The summed E-state index contributed by atoms with van der Waals surface area (Å²) in [5, 5.41) is 9.66. The SMILES string of the molecule is O=C(O)c1cc2cccnc2[se]1. The van der Waals surface area contributed by atoms with E-state index in [1.807, 2.05) is 12.1 Å². The Morgan fingerprint density at radius 1 is 1.58 bits per heavy atom. The topological polar surface area (TPSA) is 50.2 Å². The number of aromatic carboxylic acids is 1. The molecule has 2 aromatic rings. The van der Waals surface area contributed by atoms with Crippen molar-refractivity contribution in [3.8, 4) is 0 Å². The molecule has 0 unspecified atom stereocenters. The van der Waals surface area contributed by atoms with Crippen LogP contribution in [-0.4, -0.2) is 30.6 Å². The van der Waals surface area contributed by atoms with E-state index in [2.05, 4.69) is 4.98 Å². The van der Waals surface area contributed by atoms with Crippen LogP contribution in [0.15, 0.2) is 24.4 Å². The van der Waals surface area contributed by atoms with Crippen LogP contribution in [-0.2, 0) is 0 Å². The number of pyridine rings is 1. The minimum atomic E-state index is -0.826. The summed E-state index contributed by atoms with van der Waals surface area (Å²) in [5.41, 5.74) is 0. The van der Waals surface area contributed by atoms with Crippen molar-refractivity contribution in [1.29, 1.82) is 0 Å². The van der Waals surface area contributed by atoms with Crippen LogP contribution in [0.4, 0.5) is 0 Å². The Bertz CT molecular complexity index is 402. The van der Waals surface area contributed by atoms with Gasteiger partial charge in [0.15, 0.2) is 0 Å². The molecule has 2 aromatic heterocycles. The quantitative estimate of drug-likeness (QED) is 0.737. The summed E-state index contributed by atoms with van der Waals surface area (Å²) in [6, 6.07) is 5.40. The van der Waals surface area contributed by atoms with Crippen molar-refractivity contribution < 1.29 is 9.90 Å². The molecule has 0 aliphatic heterocycles. The van der Waals surface area contributed by atoms with Crippen molar-refractivity contribution in [2.45, 2.75) is 0 Å². The van der Waals surface area contributed by atoms with Crippen molar-refractivity contribution in [2.24, 2.45) is 0 Å². The summed E-state index contributed by atoms with van der Waals surface area (Å²) in [7, 11) is 0. The monoisotopic (exact) mass is 227 g/mol. The molecule has 0 amide bonds. The molecule has 4 heteroatoms. The Labute approximate surface area is 74.4 Å². The maximum absolute atomic E-state index is 10.6. The van der Waals surface area contributed by atoms with E-state index in [4.69, 9.17) is 5.11 Å². The molecular formula is C8H5NO2Se. The van der Waals surface area contributed by atoms with Gasteiger partial charge in [-0.2, -0.15) is 0 Å². The van der Waals surface area contributed by atoms with E-state index in [1.165, 1.54) is 0 Å². The standard InChI is InChI=1S/C8H5NO2Se/c10-8(11)6-4-5-2-1-3-9-7(5)12-6/h1-4H,(H,10,11). The van der Waals surface area contributed by atoms with E-state index in [9.17, 15) is 4.79 Å². The van der Waals surface area contributed by atoms with Crippen LogP contribution in [0.2, 0.25) is 0 Å². The zero-order valence-corrected chi connectivity index (χ0v) is 7.73. The van der Waals surface area contributed by atoms with Crippen molar-refractivity contribution in [3.63, 3.8) is 0 Å². The summed E-state index contributed by atoms with van der Waals surface area (Å²) in [4.78, 5) is 14.7. The molecule has 2 rings (SSSR count). The Hall–Kier alpha value is -1.12. The van der Waals surface area contributed by atoms with Gasteiger partial charge < -0.3 is 0 Å². The van der Waals surface area contributed by atoms with E-state index in [-0.39, 0.29) is 14.5 Å². The van der Waals surface area contributed by atoms with E-state index < -0.39 is 5.97 Å². The average Bonchev–Trinajstić information content (AvgIpc) is 2.46. The number of aromatic nitrogens is 1. The summed E-state index contributed by atoms with van der Waals surface area (Å²) >= 11 is -0.109. The molecule has 0 radical (unpaired) electrons. The first kappa shape index (κ1) is 7.52. The van der Waals surface area contributed by atoms with Gasteiger partial charge in [-0.15, -0.1) is 0 Å². The van der Waals surface area contributed by atoms with Gasteiger partial charge in [0.25, 0.3) is 0 Å². The first-order valence-electron chi connectivity index (χ1n) is 3.35. The van der Waals surface area contributed by atoms with E-state index in [0.717, 1.165) is 9.78 Å². The fraction of sp³-hybridized carbons (Fsp3) is 0. The normalized spacial score (nSPS) is 10.3. The molecule has 0 fully saturated rings. The molecule has 0 atom stereocenters. The first-order valence-corrected chi connectivity index (χ1v) is 5.06. The number of carbonyl (C=O) groups is 1. The number of fused-ring (bicyclic) bond motifs is 1. The summed E-state index contributed by atoms with van der Waals surface area (Å²) in [5.74, 6) is -0.826. The van der Waals surface area contributed by atoms with Crippen LogP contribution in [0.25, 0.3) is 9.78 Å². The van der Waals surface area contributed by atoms with Gasteiger partial charge in [-0.1, -0.05) is 0 Å². The molecule has 2 heterocycles. The third-order valence-electron chi connectivity index (χ3n) is 1.50. The third-order valence-corrected chi connectivity index (χ3v) is 3.70. The zero-order chi connectivity index (χ0) is 8.55. The van der Waals surface area contributed by atoms with Crippen LogP contribution in [0, 0.1) is 0 Å². The van der Waals surface area contributed by atoms with Crippen molar-refractivity contribution in [1.82, 2.24) is 4.98 Å². The Morgan fingerprint density at radius 2 is 2.42 bits per heavy atom. The molecule has 0 aliphatic rings. The fourth-order valence-electron chi connectivity index (χ4n) is 0.979. The number of nitrogens with zero attached hydrogens (tertiary/aromatic N) is 1. The second-order valence-electron chi connectivity index (χ2n) is 2.31. The predicted octanol–water partition coefficient (Wildman–Crippen LogP) is 0.990. The predicted molar refractivity (Wildman–Crippen MR) is 45.6 cm³/mol. The number of rotatable bonds is 1. The molecule has 0 bridgehead atoms. The minimum absolute atomic E-state index is 0.109. The molecule has 0 saturated heterocycles. The van der Waals surface area contributed by atoms with E-state index in [1.54, 1.807) is 12.3 Å².